The van der Waals surface area contributed by atoms with Crippen LogP contribution < -0.4 is 0 Å². The maximum absolute atomic E-state index is 10.7. The van der Waals surface area contributed by atoms with Crippen LogP contribution in [-0.4, -0.2) is 27.3 Å². The molecule has 0 spiro atoms. The molecule has 17 heavy (non-hydrogen) atoms. The molecule has 0 atom stereocenters. The summed E-state index contributed by atoms with van der Waals surface area (Å²) in [6.45, 7) is -0.139. The summed E-state index contributed by atoms with van der Waals surface area (Å²) >= 11 is 0. The van der Waals surface area contributed by atoms with Gasteiger partial charge >= 0.3 is 11.9 Å². The van der Waals surface area contributed by atoms with Crippen LogP contribution in [0.1, 0.15) is 5.56 Å². The van der Waals surface area contributed by atoms with Crippen molar-refractivity contribution in [3.63, 3.8) is 0 Å². The Kier molecular flexibility index (Phi) is 4.10. The topological polar surface area (TPSA) is 104 Å². The second-order valence-corrected chi connectivity index (χ2v) is 3.06. The molecule has 1 aromatic rings. The number of aliphatic carboxylic acids is 2. The van der Waals surface area contributed by atoms with Crippen LogP contribution in [0.2, 0.25) is 0 Å². The number of carboxylic acids is 2. The summed E-state index contributed by atoms with van der Waals surface area (Å²) in [5.74, 6) is -5.70. The van der Waals surface area contributed by atoms with Gasteiger partial charge in [0.05, 0.1) is 0 Å². The molecule has 0 saturated heterocycles. The van der Waals surface area contributed by atoms with Gasteiger partial charge in [-0.1, -0.05) is 30.3 Å². The Hall–Kier alpha value is -2.50. The van der Waals surface area contributed by atoms with Crippen molar-refractivity contribution in [1.82, 2.24) is 0 Å². The highest BCUT2D eigenvalue weighted by molar-refractivity contribution is 5.95. The monoisotopic (exact) mass is 238 g/mol. The van der Waals surface area contributed by atoms with E-state index in [1.807, 2.05) is 0 Å². The van der Waals surface area contributed by atoms with E-state index in [9.17, 15) is 9.59 Å². The Morgan fingerprint density at radius 1 is 1.00 bits per heavy atom. The van der Waals surface area contributed by atoms with E-state index in [0.717, 1.165) is 0 Å². The number of aliphatic hydroxyl groups excluding tert-OH is 1. The van der Waals surface area contributed by atoms with Crippen molar-refractivity contribution < 1.29 is 29.6 Å². The minimum absolute atomic E-state index is 0.139. The highest BCUT2D eigenvalue weighted by Gasteiger charge is 2.21. The molecule has 0 heterocycles. The van der Waals surface area contributed by atoms with Crippen molar-refractivity contribution in [2.75, 3.05) is 0 Å². The average molecular weight is 238 g/mol. The highest BCUT2D eigenvalue weighted by atomic mass is 16.5. The average Bonchev–Trinajstić information content (AvgIpc) is 2.29. The van der Waals surface area contributed by atoms with Gasteiger partial charge in [0, 0.05) is 0 Å². The van der Waals surface area contributed by atoms with Gasteiger partial charge in [0.2, 0.25) is 0 Å². The number of hydrogen-bond acceptors (Lipinski definition) is 4. The van der Waals surface area contributed by atoms with Crippen molar-refractivity contribution >= 4 is 11.9 Å². The molecule has 0 radical (unpaired) electrons. The smallest absolute Gasteiger partial charge is 0.375 e. The second kappa shape index (κ2) is 5.55. The molecular weight excluding hydrogens is 228 g/mol. The third kappa shape index (κ3) is 3.53. The van der Waals surface area contributed by atoms with Gasteiger partial charge in [-0.25, -0.2) is 9.59 Å². The Morgan fingerprint density at radius 2 is 1.59 bits per heavy atom. The first kappa shape index (κ1) is 12.6. The maximum atomic E-state index is 10.7. The quantitative estimate of drug-likeness (QED) is 0.525. The van der Waals surface area contributed by atoms with Crippen LogP contribution in [0.4, 0.5) is 0 Å². The number of carbonyl (C=O) groups is 2. The fourth-order valence-corrected chi connectivity index (χ4v) is 1.06. The molecule has 0 aromatic heterocycles. The molecule has 0 aliphatic heterocycles. The zero-order valence-corrected chi connectivity index (χ0v) is 8.66. The van der Waals surface area contributed by atoms with Gasteiger partial charge in [0.1, 0.15) is 6.61 Å². The van der Waals surface area contributed by atoms with E-state index in [1.54, 1.807) is 30.3 Å². The zero-order chi connectivity index (χ0) is 12.8. The fourth-order valence-electron chi connectivity index (χ4n) is 1.06. The normalized spacial score (nSPS) is 11.5. The van der Waals surface area contributed by atoms with Gasteiger partial charge < -0.3 is 20.1 Å². The van der Waals surface area contributed by atoms with Crippen LogP contribution in [-0.2, 0) is 20.9 Å². The molecular formula is C11H10O6. The predicted octanol–water partition coefficient (Wildman–Crippen LogP) is 1.14. The van der Waals surface area contributed by atoms with Crippen LogP contribution in [0.25, 0.3) is 0 Å². The standard InChI is InChI=1S/C11H10O6/c12-8(10(13)14)9(11(15)16)17-6-7-4-2-1-3-5-7/h1-5,12H,6H2,(H,13,14)(H,15,16). The Labute approximate surface area is 96.4 Å². The molecule has 0 aliphatic rings. The summed E-state index contributed by atoms with van der Waals surface area (Å²) in [6.07, 6.45) is 0. The molecule has 90 valence electrons. The predicted molar refractivity (Wildman–Crippen MR) is 56.2 cm³/mol. The van der Waals surface area contributed by atoms with Crippen molar-refractivity contribution in [3.05, 3.63) is 47.4 Å². The first-order valence-electron chi connectivity index (χ1n) is 4.59. The summed E-state index contributed by atoms with van der Waals surface area (Å²) < 4.78 is 4.76. The van der Waals surface area contributed by atoms with Gasteiger partial charge in [-0.3, -0.25) is 0 Å². The van der Waals surface area contributed by atoms with Crippen LogP contribution >= 0.6 is 0 Å². The van der Waals surface area contributed by atoms with Gasteiger partial charge in [-0.15, -0.1) is 0 Å². The zero-order valence-electron chi connectivity index (χ0n) is 8.66. The summed E-state index contributed by atoms with van der Waals surface area (Å²) in [5, 5.41) is 26.1. The Morgan fingerprint density at radius 3 is 2.06 bits per heavy atom. The van der Waals surface area contributed by atoms with Gasteiger partial charge in [0.15, 0.2) is 0 Å². The van der Waals surface area contributed by atoms with Gasteiger partial charge in [-0.2, -0.15) is 0 Å². The van der Waals surface area contributed by atoms with E-state index in [4.69, 9.17) is 20.1 Å². The molecule has 6 nitrogen and oxygen atoms in total. The molecule has 0 aliphatic carbocycles. The first-order valence-corrected chi connectivity index (χ1v) is 4.59. The molecule has 1 aromatic carbocycles. The van der Waals surface area contributed by atoms with Crippen LogP contribution in [0.5, 0.6) is 0 Å². The van der Waals surface area contributed by atoms with Crippen LogP contribution in [0.15, 0.2) is 41.9 Å². The lowest BCUT2D eigenvalue weighted by atomic mass is 10.2. The van der Waals surface area contributed by atoms with Gasteiger partial charge in [-0.05, 0) is 5.56 Å². The Balaban J connectivity index is 2.80. The number of benzene rings is 1. The number of aliphatic hydroxyl groups is 1. The molecule has 0 unspecified atom stereocenters. The maximum Gasteiger partial charge on any atom is 0.375 e. The van der Waals surface area contributed by atoms with E-state index < -0.39 is 23.5 Å². The number of rotatable bonds is 5. The SMILES string of the molecule is O=C(O)C(O)=C(OCc1ccccc1)C(=O)O. The van der Waals surface area contributed by atoms with Crippen molar-refractivity contribution in [1.29, 1.82) is 0 Å². The largest absolute Gasteiger partial charge is 0.499 e. The van der Waals surface area contributed by atoms with Gasteiger partial charge in [0.25, 0.3) is 11.5 Å². The summed E-state index contributed by atoms with van der Waals surface area (Å²) in [6, 6.07) is 8.57. The third-order valence-electron chi connectivity index (χ3n) is 1.84. The van der Waals surface area contributed by atoms with Crippen LogP contribution in [0.3, 0.4) is 0 Å². The highest BCUT2D eigenvalue weighted by Crippen LogP contribution is 2.09. The van der Waals surface area contributed by atoms with Crippen molar-refractivity contribution in [2.24, 2.45) is 0 Å². The summed E-state index contributed by atoms with van der Waals surface area (Å²) in [5.41, 5.74) is 0.657. The molecule has 0 fully saturated rings. The van der Waals surface area contributed by atoms with E-state index in [0.29, 0.717) is 5.56 Å². The summed E-state index contributed by atoms with van der Waals surface area (Å²) in [7, 11) is 0. The lowest BCUT2D eigenvalue weighted by Crippen LogP contribution is -2.13. The number of carboxylic acid groups (broad SMARTS) is 2. The van der Waals surface area contributed by atoms with E-state index >= 15 is 0 Å². The number of hydrogen-bond donors (Lipinski definition) is 3. The van der Waals surface area contributed by atoms with E-state index in [1.165, 1.54) is 0 Å². The van der Waals surface area contributed by atoms with E-state index in [-0.39, 0.29) is 6.61 Å². The van der Waals surface area contributed by atoms with Crippen LogP contribution in [0, 0.1) is 0 Å². The molecule has 6 heteroatoms. The molecule has 1 rings (SSSR count). The third-order valence-corrected chi connectivity index (χ3v) is 1.84. The Bertz CT molecular complexity index is 448. The minimum atomic E-state index is -1.75. The van der Waals surface area contributed by atoms with Crippen molar-refractivity contribution in [3.8, 4) is 0 Å². The number of ether oxygens (including phenoxy) is 1. The first-order chi connectivity index (χ1) is 8.02. The minimum Gasteiger partial charge on any atom is -0.499 e. The lowest BCUT2D eigenvalue weighted by molar-refractivity contribution is -0.141. The molecule has 0 amide bonds. The molecule has 0 bridgehead atoms. The van der Waals surface area contributed by atoms with E-state index in [2.05, 4.69) is 0 Å². The molecule has 3 N–H and O–H groups in total. The summed E-state index contributed by atoms with van der Waals surface area (Å²) in [4.78, 5) is 21.1. The second-order valence-electron chi connectivity index (χ2n) is 3.06. The lowest BCUT2D eigenvalue weighted by Gasteiger charge is -2.07. The fraction of sp³-hybridized carbons (Fsp3) is 0.0909. The molecule has 0 saturated carbocycles. The van der Waals surface area contributed by atoms with Crippen molar-refractivity contribution in [2.45, 2.75) is 6.61 Å².